The number of nitrogens with zero attached hydrogens (tertiary/aromatic N) is 1. The molecule has 1 aliphatic heterocycles. The molecule has 2 aromatic rings. The minimum Gasteiger partial charge on any atom is -0.497 e. The van der Waals surface area contributed by atoms with Crippen LogP contribution in [0.2, 0.25) is 0 Å². The molecule has 1 fully saturated rings. The number of ether oxygens (including phenoxy) is 1. The zero-order chi connectivity index (χ0) is 19.9. The minimum absolute atomic E-state index is 0.0341. The van der Waals surface area contributed by atoms with Crippen molar-refractivity contribution < 1.29 is 14.3 Å². The zero-order valence-electron chi connectivity index (χ0n) is 16.6. The maximum absolute atomic E-state index is 12.6. The van der Waals surface area contributed by atoms with Crippen LogP contribution in [0, 0.1) is 6.92 Å². The minimum atomic E-state index is 0.0341. The molecule has 1 saturated heterocycles. The average molecular weight is 380 g/mol. The Hall–Kier alpha value is -2.82. The van der Waals surface area contributed by atoms with Gasteiger partial charge in [0, 0.05) is 31.1 Å². The Kier molecular flexibility index (Phi) is 6.69. The lowest BCUT2D eigenvalue weighted by atomic mass is 10.0. The Balaban J connectivity index is 1.42. The molecule has 1 heterocycles. The number of nitrogens with one attached hydrogen (secondary N) is 1. The van der Waals surface area contributed by atoms with Crippen LogP contribution >= 0.6 is 0 Å². The molecule has 5 nitrogen and oxygen atoms in total. The molecule has 0 bridgehead atoms. The van der Waals surface area contributed by atoms with E-state index in [1.54, 1.807) is 31.4 Å². The number of carbonyl (C=O) groups excluding carboxylic acids is 2. The van der Waals surface area contributed by atoms with Crippen molar-refractivity contribution in [2.24, 2.45) is 0 Å². The van der Waals surface area contributed by atoms with Gasteiger partial charge in [-0.2, -0.15) is 0 Å². The summed E-state index contributed by atoms with van der Waals surface area (Å²) in [6.45, 7) is 3.38. The number of aryl methyl sites for hydroxylation is 2. The number of carbonyl (C=O) groups is 2. The maximum atomic E-state index is 12.6. The van der Waals surface area contributed by atoms with Gasteiger partial charge >= 0.3 is 0 Å². The molecule has 2 aromatic carbocycles. The fourth-order valence-electron chi connectivity index (χ4n) is 3.46. The van der Waals surface area contributed by atoms with E-state index in [1.165, 1.54) is 11.1 Å². The maximum Gasteiger partial charge on any atom is 0.253 e. The highest BCUT2D eigenvalue weighted by Crippen LogP contribution is 2.17. The summed E-state index contributed by atoms with van der Waals surface area (Å²) < 4.78 is 5.13. The quantitative estimate of drug-likeness (QED) is 0.836. The van der Waals surface area contributed by atoms with Gasteiger partial charge in [0.15, 0.2) is 0 Å². The van der Waals surface area contributed by atoms with E-state index in [9.17, 15) is 9.59 Å². The first-order valence-electron chi connectivity index (χ1n) is 9.83. The molecule has 0 aliphatic carbocycles. The van der Waals surface area contributed by atoms with E-state index in [1.807, 2.05) is 4.90 Å². The van der Waals surface area contributed by atoms with Gasteiger partial charge in [-0.3, -0.25) is 9.59 Å². The van der Waals surface area contributed by atoms with Crippen LogP contribution in [0.3, 0.4) is 0 Å². The van der Waals surface area contributed by atoms with Gasteiger partial charge in [0.1, 0.15) is 5.75 Å². The molecule has 2 amide bonds. The van der Waals surface area contributed by atoms with Crippen LogP contribution in [0.5, 0.6) is 5.75 Å². The Bertz CT molecular complexity index is 792. The lowest BCUT2D eigenvalue weighted by Gasteiger charge is -2.32. The van der Waals surface area contributed by atoms with Gasteiger partial charge in [0.25, 0.3) is 5.91 Å². The molecule has 3 rings (SSSR count). The normalized spacial score (nSPS) is 14.6. The predicted molar refractivity (Wildman–Crippen MR) is 110 cm³/mol. The number of benzene rings is 2. The van der Waals surface area contributed by atoms with Crippen molar-refractivity contribution in [1.29, 1.82) is 0 Å². The second-order valence-corrected chi connectivity index (χ2v) is 7.35. The van der Waals surface area contributed by atoms with Crippen LogP contribution in [0.25, 0.3) is 0 Å². The van der Waals surface area contributed by atoms with Crippen molar-refractivity contribution in [2.75, 3.05) is 20.2 Å². The lowest BCUT2D eigenvalue weighted by molar-refractivity contribution is -0.122. The van der Waals surface area contributed by atoms with Gasteiger partial charge in [-0.25, -0.2) is 0 Å². The van der Waals surface area contributed by atoms with E-state index in [4.69, 9.17) is 4.74 Å². The molecule has 1 aliphatic rings. The summed E-state index contributed by atoms with van der Waals surface area (Å²) in [5, 5.41) is 3.12. The van der Waals surface area contributed by atoms with Crippen LogP contribution in [0.15, 0.2) is 48.5 Å². The SMILES string of the molecule is COc1ccc(C(=O)N2CCC(NC(=O)CCc3ccc(C)cc3)CC2)cc1. The molecule has 0 saturated carbocycles. The smallest absolute Gasteiger partial charge is 0.253 e. The van der Waals surface area contributed by atoms with E-state index in [2.05, 4.69) is 36.5 Å². The van der Waals surface area contributed by atoms with E-state index in [0.29, 0.717) is 25.1 Å². The summed E-state index contributed by atoms with van der Waals surface area (Å²) in [6, 6.07) is 15.6. The Morgan fingerprint density at radius 3 is 2.29 bits per heavy atom. The molecule has 0 aromatic heterocycles. The molecule has 148 valence electrons. The molecule has 28 heavy (non-hydrogen) atoms. The first-order valence-corrected chi connectivity index (χ1v) is 9.83. The highest BCUT2D eigenvalue weighted by Gasteiger charge is 2.24. The Morgan fingerprint density at radius 2 is 1.68 bits per heavy atom. The number of hydrogen-bond acceptors (Lipinski definition) is 3. The van der Waals surface area contributed by atoms with Crippen molar-refractivity contribution in [3.63, 3.8) is 0 Å². The fourth-order valence-corrected chi connectivity index (χ4v) is 3.46. The molecule has 5 heteroatoms. The first kappa shape index (κ1) is 19.9. The third kappa shape index (κ3) is 5.35. The third-order valence-electron chi connectivity index (χ3n) is 5.25. The molecular formula is C23H28N2O3. The predicted octanol–water partition coefficient (Wildman–Crippen LogP) is 3.36. The third-order valence-corrected chi connectivity index (χ3v) is 5.25. The van der Waals surface area contributed by atoms with Crippen LogP contribution in [0.1, 0.15) is 40.7 Å². The zero-order valence-corrected chi connectivity index (χ0v) is 16.6. The average Bonchev–Trinajstić information content (AvgIpc) is 2.73. The van der Waals surface area contributed by atoms with Crippen LogP contribution < -0.4 is 10.1 Å². The van der Waals surface area contributed by atoms with E-state index >= 15 is 0 Å². The van der Waals surface area contributed by atoms with Gasteiger partial charge in [-0.1, -0.05) is 29.8 Å². The monoisotopic (exact) mass is 380 g/mol. The van der Waals surface area contributed by atoms with Crippen LogP contribution in [-0.4, -0.2) is 43.0 Å². The standard InChI is InChI=1S/C23H28N2O3/c1-17-3-5-18(6-4-17)7-12-22(26)24-20-13-15-25(16-14-20)23(27)19-8-10-21(28-2)11-9-19/h3-6,8-11,20H,7,12-16H2,1-2H3,(H,24,26). The first-order chi connectivity index (χ1) is 13.5. The van der Waals surface area contributed by atoms with E-state index in [-0.39, 0.29) is 17.9 Å². The molecule has 1 N–H and O–H groups in total. The number of rotatable bonds is 6. The van der Waals surface area contributed by atoms with Gasteiger partial charge in [-0.05, 0) is 56.0 Å². The highest BCUT2D eigenvalue weighted by molar-refractivity contribution is 5.94. The number of likely N-dealkylation sites (tertiary alicyclic amines) is 1. The number of piperidine rings is 1. The summed E-state index contributed by atoms with van der Waals surface area (Å²) >= 11 is 0. The van der Waals surface area contributed by atoms with Crippen molar-refractivity contribution in [3.05, 3.63) is 65.2 Å². The van der Waals surface area contributed by atoms with E-state index < -0.39 is 0 Å². The van der Waals surface area contributed by atoms with Gasteiger partial charge in [-0.15, -0.1) is 0 Å². The van der Waals surface area contributed by atoms with Crippen molar-refractivity contribution in [3.8, 4) is 5.75 Å². The van der Waals surface area contributed by atoms with Crippen molar-refractivity contribution >= 4 is 11.8 Å². The van der Waals surface area contributed by atoms with Gasteiger partial charge in [0.2, 0.25) is 5.91 Å². The molecule has 0 unspecified atom stereocenters. The summed E-state index contributed by atoms with van der Waals surface area (Å²) in [6.07, 6.45) is 2.82. The van der Waals surface area contributed by atoms with Gasteiger partial charge in [0.05, 0.1) is 7.11 Å². The highest BCUT2D eigenvalue weighted by atomic mass is 16.5. The van der Waals surface area contributed by atoms with Crippen molar-refractivity contribution in [1.82, 2.24) is 10.2 Å². The largest absolute Gasteiger partial charge is 0.497 e. The molecule has 0 spiro atoms. The number of hydrogen-bond donors (Lipinski definition) is 1. The fraction of sp³-hybridized carbons (Fsp3) is 0.391. The number of methoxy groups -OCH3 is 1. The van der Waals surface area contributed by atoms with Crippen LogP contribution in [-0.2, 0) is 11.2 Å². The summed E-state index contributed by atoms with van der Waals surface area (Å²) in [4.78, 5) is 26.7. The topological polar surface area (TPSA) is 58.6 Å². The Morgan fingerprint density at radius 1 is 1.04 bits per heavy atom. The Labute approximate surface area is 166 Å². The summed E-state index contributed by atoms with van der Waals surface area (Å²) in [5.41, 5.74) is 3.08. The second kappa shape index (κ2) is 9.40. The van der Waals surface area contributed by atoms with Gasteiger partial charge < -0.3 is 15.0 Å². The summed E-state index contributed by atoms with van der Waals surface area (Å²) in [7, 11) is 1.61. The number of amides is 2. The molecule has 0 radical (unpaired) electrons. The van der Waals surface area contributed by atoms with E-state index in [0.717, 1.165) is 25.0 Å². The molecule has 0 atom stereocenters. The lowest BCUT2D eigenvalue weighted by Crippen LogP contribution is -2.46. The van der Waals surface area contributed by atoms with Crippen LogP contribution in [0.4, 0.5) is 0 Å². The molecular weight excluding hydrogens is 352 g/mol. The summed E-state index contributed by atoms with van der Waals surface area (Å²) in [5.74, 6) is 0.857. The van der Waals surface area contributed by atoms with Crippen molar-refractivity contribution in [2.45, 2.75) is 38.6 Å². The second-order valence-electron chi connectivity index (χ2n) is 7.35.